The van der Waals surface area contributed by atoms with Crippen LogP contribution >= 0.6 is 11.8 Å². The van der Waals surface area contributed by atoms with Gasteiger partial charge in [0, 0.05) is 0 Å². The van der Waals surface area contributed by atoms with Gasteiger partial charge in [0.25, 0.3) is 5.91 Å². The molecule has 31 heavy (non-hydrogen) atoms. The Morgan fingerprint density at radius 2 is 1.77 bits per heavy atom. The van der Waals surface area contributed by atoms with Crippen LogP contribution in [0.5, 0.6) is 11.5 Å². The molecule has 0 spiro atoms. The van der Waals surface area contributed by atoms with Gasteiger partial charge in [-0.3, -0.25) is 4.79 Å². The van der Waals surface area contributed by atoms with Crippen molar-refractivity contribution in [2.45, 2.75) is 45.4 Å². The molecule has 0 aliphatic carbocycles. The van der Waals surface area contributed by atoms with Crippen LogP contribution in [0.25, 0.3) is 6.08 Å². The zero-order valence-corrected chi connectivity index (χ0v) is 19.0. The number of unbranched alkanes of at least 4 members (excludes halogenated alkanes) is 5. The van der Waals surface area contributed by atoms with Gasteiger partial charge in [-0.25, -0.2) is 4.99 Å². The molecule has 5 nitrogen and oxygen atoms in total. The quantitative estimate of drug-likeness (QED) is 0.329. The monoisotopic (exact) mass is 438 g/mol. The van der Waals surface area contributed by atoms with Gasteiger partial charge in [-0.1, -0.05) is 63.3 Å². The average molecular weight is 439 g/mol. The number of carbonyl (C=O) groups is 1. The predicted octanol–water partition coefficient (Wildman–Crippen LogP) is 6.33. The highest BCUT2D eigenvalue weighted by Crippen LogP contribution is 2.32. The highest BCUT2D eigenvalue weighted by atomic mass is 32.2. The summed E-state index contributed by atoms with van der Waals surface area (Å²) in [6, 6.07) is 15.3. The summed E-state index contributed by atoms with van der Waals surface area (Å²) < 4.78 is 11.4. The third-order valence-corrected chi connectivity index (χ3v) is 5.79. The van der Waals surface area contributed by atoms with Crippen molar-refractivity contribution >= 4 is 34.6 Å². The Morgan fingerprint density at radius 1 is 1.00 bits per heavy atom. The number of benzene rings is 2. The Kier molecular flexibility index (Phi) is 9.03. The van der Waals surface area contributed by atoms with E-state index < -0.39 is 0 Å². The first-order chi connectivity index (χ1) is 15.2. The Morgan fingerprint density at radius 3 is 2.55 bits per heavy atom. The lowest BCUT2D eigenvalue weighted by atomic mass is 10.1. The average Bonchev–Trinajstić information content (AvgIpc) is 3.12. The molecule has 0 radical (unpaired) electrons. The molecule has 1 aliphatic rings. The van der Waals surface area contributed by atoms with Crippen LogP contribution in [0.15, 0.2) is 58.4 Å². The van der Waals surface area contributed by atoms with Gasteiger partial charge in [-0.05, 0) is 54.1 Å². The summed E-state index contributed by atoms with van der Waals surface area (Å²) in [5.41, 5.74) is 1.68. The SMILES string of the molecule is CCCCCCCCOc1ccc(/C=C2/SC(=Nc3ccccc3)NC2=O)cc1OC. The number of para-hydroxylation sites is 1. The van der Waals surface area contributed by atoms with Crippen molar-refractivity contribution < 1.29 is 14.3 Å². The minimum absolute atomic E-state index is 0.151. The molecule has 2 aromatic rings. The second-order valence-electron chi connectivity index (χ2n) is 7.34. The molecular weight excluding hydrogens is 408 g/mol. The summed E-state index contributed by atoms with van der Waals surface area (Å²) in [7, 11) is 1.63. The van der Waals surface area contributed by atoms with Crippen LogP contribution in [0.1, 0.15) is 51.0 Å². The Labute approximate surface area is 188 Å². The number of amides is 1. The molecule has 0 bridgehead atoms. The number of thioether (sulfide) groups is 1. The molecule has 1 saturated heterocycles. The maximum absolute atomic E-state index is 12.3. The maximum atomic E-state index is 12.3. The third kappa shape index (κ3) is 7.17. The molecule has 3 rings (SSSR count). The van der Waals surface area contributed by atoms with Crippen molar-refractivity contribution in [1.29, 1.82) is 0 Å². The highest BCUT2D eigenvalue weighted by molar-refractivity contribution is 8.18. The molecule has 0 atom stereocenters. The van der Waals surface area contributed by atoms with E-state index in [9.17, 15) is 4.79 Å². The van der Waals surface area contributed by atoms with Crippen LogP contribution < -0.4 is 14.8 Å². The maximum Gasteiger partial charge on any atom is 0.264 e. The van der Waals surface area contributed by atoms with Crippen molar-refractivity contribution in [2.75, 3.05) is 13.7 Å². The largest absolute Gasteiger partial charge is 0.493 e. The number of carbonyl (C=O) groups excluding carboxylic acids is 1. The molecule has 1 heterocycles. The molecular formula is C25H30N2O3S. The van der Waals surface area contributed by atoms with Crippen LogP contribution in [-0.4, -0.2) is 24.8 Å². The van der Waals surface area contributed by atoms with E-state index in [1.165, 1.54) is 43.9 Å². The summed E-state index contributed by atoms with van der Waals surface area (Å²) in [6.45, 7) is 2.91. The van der Waals surface area contributed by atoms with Crippen LogP contribution in [-0.2, 0) is 4.79 Å². The van der Waals surface area contributed by atoms with Gasteiger partial charge in [0.2, 0.25) is 0 Å². The normalized spacial score (nSPS) is 16.0. The summed E-state index contributed by atoms with van der Waals surface area (Å²) in [4.78, 5) is 17.4. The van der Waals surface area contributed by atoms with E-state index in [1.54, 1.807) is 7.11 Å². The van der Waals surface area contributed by atoms with E-state index in [0.29, 0.717) is 22.4 Å². The Balaban J connectivity index is 1.59. The predicted molar refractivity (Wildman–Crippen MR) is 129 cm³/mol. The highest BCUT2D eigenvalue weighted by Gasteiger charge is 2.24. The zero-order chi connectivity index (χ0) is 21.9. The lowest BCUT2D eigenvalue weighted by molar-refractivity contribution is -0.115. The molecule has 164 valence electrons. The van der Waals surface area contributed by atoms with Crippen LogP contribution in [0.4, 0.5) is 5.69 Å². The first kappa shape index (κ1) is 22.9. The first-order valence-corrected chi connectivity index (χ1v) is 11.7. The number of methoxy groups -OCH3 is 1. The summed E-state index contributed by atoms with van der Waals surface area (Å²) >= 11 is 1.33. The lowest BCUT2D eigenvalue weighted by Crippen LogP contribution is -2.19. The Hall–Kier alpha value is -2.73. The van der Waals surface area contributed by atoms with E-state index in [0.717, 1.165) is 23.4 Å². The number of nitrogens with zero attached hydrogens (tertiary/aromatic N) is 1. The van der Waals surface area contributed by atoms with E-state index in [-0.39, 0.29) is 5.91 Å². The van der Waals surface area contributed by atoms with Gasteiger partial charge in [0.1, 0.15) is 0 Å². The fourth-order valence-corrected chi connectivity index (χ4v) is 4.05. The third-order valence-electron chi connectivity index (χ3n) is 4.88. The molecule has 1 fully saturated rings. The van der Waals surface area contributed by atoms with Gasteiger partial charge in [-0.15, -0.1) is 0 Å². The minimum Gasteiger partial charge on any atom is -0.493 e. The molecule has 6 heteroatoms. The molecule has 1 aliphatic heterocycles. The molecule has 0 aromatic heterocycles. The minimum atomic E-state index is -0.151. The van der Waals surface area contributed by atoms with E-state index in [4.69, 9.17) is 9.47 Å². The number of amidine groups is 1. The summed E-state index contributed by atoms with van der Waals surface area (Å²) in [5.74, 6) is 1.25. The van der Waals surface area contributed by atoms with E-state index in [2.05, 4.69) is 17.2 Å². The summed E-state index contributed by atoms with van der Waals surface area (Å²) in [6.07, 6.45) is 9.19. The topological polar surface area (TPSA) is 59.9 Å². The van der Waals surface area contributed by atoms with E-state index in [1.807, 2.05) is 54.6 Å². The molecule has 2 aromatic carbocycles. The van der Waals surface area contributed by atoms with Gasteiger partial charge < -0.3 is 14.8 Å². The van der Waals surface area contributed by atoms with Gasteiger partial charge in [0.05, 0.1) is 24.3 Å². The standard InChI is InChI=1S/C25H30N2O3S/c1-3-4-5-6-7-11-16-30-21-15-14-19(17-22(21)29-2)18-23-24(28)27-25(31-23)26-20-12-9-8-10-13-20/h8-10,12-15,17-18H,3-7,11,16H2,1-2H3,(H,26,27,28)/b23-18+. The summed E-state index contributed by atoms with van der Waals surface area (Å²) in [5, 5.41) is 3.39. The molecule has 0 unspecified atom stereocenters. The van der Waals surface area contributed by atoms with E-state index >= 15 is 0 Å². The zero-order valence-electron chi connectivity index (χ0n) is 18.2. The smallest absolute Gasteiger partial charge is 0.264 e. The van der Waals surface area contributed by atoms with Crippen LogP contribution in [0.3, 0.4) is 0 Å². The van der Waals surface area contributed by atoms with Gasteiger partial charge in [-0.2, -0.15) is 0 Å². The van der Waals surface area contributed by atoms with Gasteiger partial charge >= 0.3 is 0 Å². The number of aliphatic imine (C=N–C) groups is 1. The van der Waals surface area contributed by atoms with Crippen LogP contribution in [0, 0.1) is 0 Å². The number of ether oxygens (including phenoxy) is 2. The number of hydrogen-bond donors (Lipinski definition) is 1. The molecule has 1 amide bonds. The second-order valence-corrected chi connectivity index (χ2v) is 8.37. The van der Waals surface area contributed by atoms with Crippen molar-refractivity contribution in [3.05, 3.63) is 59.0 Å². The fourth-order valence-electron chi connectivity index (χ4n) is 3.21. The lowest BCUT2D eigenvalue weighted by Gasteiger charge is -2.11. The van der Waals surface area contributed by atoms with Crippen molar-refractivity contribution in [2.24, 2.45) is 4.99 Å². The van der Waals surface area contributed by atoms with Gasteiger partial charge in [0.15, 0.2) is 16.7 Å². The first-order valence-electron chi connectivity index (χ1n) is 10.8. The molecule has 0 saturated carbocycles. The Bertz CT molecular complexity index is 926. The van der Waals surface area contributed by atoms with Crippen molar-refractivity contribution in [1.82, 2.24) is 5.32 Å². The fraction of sp³-hybridized carbons (Fsp3) is 0.360. The number of rotatable bonds is 11. The number of nitrogens with one attached hydrogen (secondary N) is 1. The molecule has 1 N–H and O–H groups in total. The second kappa shape index (κ2) is 12.2. The number of hydrogen-bond acceptors (Lipinski definition) is 5. The van der Waals surface area contributed by atoms with Crippen LogP contribution in [0.2, 0.25) is 0 Å². The van der Waals surface area contributed by atoms with Crippen molar-refractivity contribution in [3.8, 4) is 11.5 Å². The van der Waals surface area contributed by atoms with Crippen molar-refractivity contribution in [3.63, 3.8) is 0 Å².